The van der Waals surface area contributed by atoms with Gasteiger partial charge in [0.2, 0.25) is 5.91 Å². The number of hydrogen-bond donors (Lipinski definition) is 1. The second-order valence-electron chi connectivity index (χ2n) is 3.66. The second kappa shape index (κ2) is 5.09. The lowest BCUT2D eigenvalue weighted by Gasteiger charge is -2.05. The summed E-state index contributed by atoms with van der Waals surface area (Å²) >= 11 is 1.35. The van der Waals surface area contributed by atoms with Crippen molar-refractivity contribution in [3.05, 3.63) is 28.1 Å². The smallest absolute Gasteiger partial charge is 0.271 e. The molecule has 0 aliphatic carbocycles. The maximum absolute atomic E-state index is 12.0. The van der Waals surface area contributed by atoms with Gasteiger partial charge in [0.1, 0.15) is 11.2 Å². The lowest BCUT2D eigenvalue weighted by Crippen LogP contribution is -2.32. The maximum atomic E-state index is 12.0. The van der Waals surface area contributed by atoms with Crippen molar-refractivity contribution in [2.45, 2.75) is 19.9 Å². The Morgan fingerprint density at radius 1 is 1.59 bits per heavy atom. The number of amides is 1. The standard InChI is InChI=1S/C11H13N3O2S/c1-2-4-12-9(15)6-14-7-13-8-3-5-17-10(8)11(14)16/h3,5,7H,2,4,6H2,1H3,(H,12,15). The van der Waals surface area contributed by atoms with Gasteiger partial charge in [0.15, 0.2) is 0 Å². The zero-order chi connectivity index (χ0) is 12.3. The van der Waals surface area contributed by atoms with Gasteiger partial charge < -0.3 is 5.32 Å². The Morgan fingerprint density at radius 2 is 2.41 bits per heavy atom. The van der Waals surface area contributed by atoms with Crippen LogP contribution in [-0.2, 0) is 11.3 Å². The van der Waals surface area contributed by atoms with Crippen molar-refractivity contribution in [1.82, 2.24) is 14.9 Å². The Bertz CT molecular complexity index is 588. The molecule has 0 aliphatic rings. The largest absolute Gasteiger partial charge is 0.355 e. The molecule has 0 bridgehead atoms. The van der Waals surface area contributed by atoms with Crippen LogP contribution in [0.3, 0.4) is 0 Å². The van der Waals surface area contributed by atoms with Crippen LogP contribution in [0.4, 0.5) is 0 Å². The fraction of sp³-hybridized carbons (Fsp3) is 0.364. The molecule has 0 aromatic carbocycles. The first kappa shape index (κ1) is 11.8. The highest BCUT2D eigenvalue weighted by atomic mass is 32.1. The van der Waals surface area contributed by atoms with Crippen LogP contribution in [0.5, 0.6) is 0 Å². The first-order valence-electron chi connectivity index (χ1n) is 5.41. The van der Waals surface area contributed by atoms with E-state index in [0.717, 1.165) is 6.42 Å². The van der Waals surface area contributed by atoms with Crippen molar-refractivity contribution in [2.75, 3.05) is 6.54 Å². The summed E-state index contributed by atoms with van der Waals surface area (Å²) in [6.45, 7) is 2.63. The van der Waals surface area contributed by atoms with Crippen LogP contribution < -0.4 is 10.9 Å². The van der Waals surface area contributed by atoms with Crippen LogP contribution in [-0.4, -0.2) is 22.0 Å². The number of rotatable bonds is 4. The van der Waals surface area contributed by atoms with Crippen molar-refractivity contribution in [2.24, 2.45) is 0 Å². The number of aromatic nitrogens is 2. The van der Waals surface area contributed by atoms with Crippen LogP contribution in [0, 0.1) is 0 Å². The SMILES string of the molecule is CCCNC(=O)Cn1cnc2ccsc2c1=O. The van der Waals surface area contributed by atoms with Gasteiger partial charge in [-0.2, -0.15) is 0 Å². The summed E-state index contributed by atoms with van der Waals surface area (Å²) in [5, 5.41) is 4.55. The molecule has 0 saturated carbocycles. The van der Waals surface area contributed by atoms with E-state index in [1.54, 1.807) is 6.07 Å². The van der Waals surface area contributed by atoms with E-state index in [9.17, 15) is 9.59 Å². The monoisotopic (exact) mass is 251 g/mol. The third-order valence-corrected chi connectivity index (χ3v) is 3.21. The van der Waals surface area contributed by atoms with Crippen molar-refractivity contribution in [3.63, 3.8) is 0 Å². The van der Waals surface area contributed by atoms with E-state index in [1.807, 2.05) is 12.3 Å². The Balaban J connectivity index is 2.21. The molecule has 90 valence electrons. The zero-order valence-corrected chi connectivity index (χ0v) is 10.3. The predicted octanol–water partition coefficient (Wildman–Crippen LogP) is 0.984. The Labute approximate surface area is 102 Å². The van der Waals surface area contributed by atoms with Gasteiger partial charge in [0, 0.05) is 6.54 Å². The zero-order valence-electron chi connectivity index (χ0n) is 9.47. The number of hydrogen-bond acceptors (Lipinski definition) is 4. The number of carbonyl (C=O) groups is 1. The normalized spacial score (nSPS) is 10.6. The molecule has 6 heteroatoms. The van der Waals surface area contributed by atoms with E-state index in [1.165, 1.54) is 22.2 Å². The van der Waals surface area contributed by atoms with Gasteiger partial charge >= 0.3 is 0 Å². The van der Waals surface area contributed by atoms with Crippen LogP contribution in [0.2, 0.25) is 0 Å². The van der Waals surface area contributed by atoms with Crippen LogP contribution >= 0.6 is 11.3 Å². The summed E-state index contributed by atoms with van der Waals surface area (Å²) < 4.78 is 1.93. The summed E-state index contributed by atoms with van der Waals surface area (Å²) in [5.41, 5.74) is 0.530. The quantitative estimate of drug-likeness (QED) is 0.881. The third kappa shape index (κ3) is 2.52. The van der Waals surface area contributed by atoms with E-state index >= 15 is 0 Å². The van der Waals surface area contributed by atoms with E-state index in [4.69, 9.17) is 0 Å². The van der Waals surface area contributed by atoms with Gasteiger partial charge in [-0.1, -0.05) is 6.92 Å². The second-order valence-corrected chi connectivity index (χ2v) is 4.58. The molecule has 0 spiro atoms. The summed E-state index contributed by atoms with van der Waals surface area (Å²) in [5.74, 6) is -0.161. The number of carbonyl (C=O) groups excluding carboxylic acids is 1. The molecule has 2 aromatic rings. The molecule has 5 nitrogen and oxygen atoms in total. The Kier molecular flexibility index (Phi) is 3.53. The third-order valence-electron chi connectivity index (χ3n) is 2.32. The molecule has 2 heterocycles. The average Bonchev–Trinajstić information content (AvgIpc) is 2.79. The molecule has 0 unspecified atom stereocenters. The Hall–Kier alpha value is -1.69. The van der Waals surface area contributed by atoms with Crippen molar-refractivity contribution < 1.29 is 4.79 Å². The van der Waals surface area contributed by atoms with E-state index < -0.39 is 0 Å². The van der Waals surface area contributed by atoms with Gasteiger partial charge in [0.25, 0.3) is 5.56 Å². The lowest BCUT2D eigenvalue weighted by atomic mass is 10.4. The molecule has 0 saturated heterocycles. The first-order chi connectivity index (χ1) is 8.22. The fourth-order valence-electron chi connectivity index (χ4n) is 1.47. The number of nitrogens with zero attached hydrogens (tertiary/aromatic N) is 2. The molecule has 2 aromatic heterocycles. The molecular weight excluding hydrogens is 238 g/mol. The van der Waals surface area contributed by atoms with Crippen molar-refractivity contribution >= 4 is 27.5 Å². The molecule has 0 aliphatic heterocycles. The van der Waals surface area contributed by atoms with Gasteiger partial charge in [-0.3, -0.25) is 14.2 Å². The molecule has 0 fully saturated rings. The number of fused-ring (bicyclic) bond motifs is 1. The number of thiophene rings is 1. The molecular formula is C11H13N3O2S. The summed E-state index contributed by atoms with van der Waals surface area (Å²) in [4.78, 5) is 27.6. The molecule has 0 radical (unpaired) electrons. The molecule has 1 amide bonds. The topological polar surface area (TPSA) is 64.0 Å². The minimum atomic E-state index is -0.161. The highest BCUT2D eigenvalue weighted by molar-refractivity contribution is 7.17. The van der Waals surface area contributed by atoms with E-state index in [2.05, 4.69) is 10.3 Å². The summed E-state index contributed by atoms with van der Waals surface area (Å²) in [6.07, 6.45) is 2.30. The van der Waals surface area contributed by atoms with Crippen LogP contribution in [0.25, 0.3) is 10.2 Å². The minimum Gasteiger partial charge on any atom is -0.355 e. The highest BCUT2D eigenvalue weighted by Gasteiger charge is 2.08. The van der Waals surface area contributed by atoms with Gasteiger partial charge in [0.05, 0.1) is 11.8 Å². The fourth-order valence-corrected chi connectivity index (χ4v) is 2.26. The first-order valence-corrected chi connectivity index (χ1v) is 6.29. The van der Waals surface area contributed by atoms with Crippen LogP contribution in [0.1, 0.15) is 13.3 Å². The van der Waals surface area contributed by atoms with Gasteiger partial charge in [-0.25, -0.2) is 4.98 Å². The summed E-state index contributed by atoms with van der Waals surface area (Å²) in [6, 6.07) is 1.79. The van der Waals surface area contributed by atoms with E-state index in [-0.39, 0.29) is 18.0 Å². The van der Waals surface area contributed by atoms with Gasteiger partial charge in [-0.05, 0) is 17.9 Å². The molecule has 1 N–H and O–H groups in total. The molecule has 2 rings (SSSR count). The lowest BCUT2D eigenvalue weighted by molar-refractivity contribution is -0.121. The number of nitrogens with one attached hydrogen (secondary N) is 1. The predicted molar refractivity (Wildman–Crippen MR) is 67.2 cm³/mol. The Morgan fingerprint density at radius 3 is 3.18 bits per heavy atom. The average molecular weight is 251 g/mol. The maximum Gasteiger partial charge on any atom is 0.271 e. The van der Waals surface area contributed by atoms with Crippen LogP contribution in [0.15, 0.2) is 22.6 Å². The molecule has 17 heavy (non-hydrogen) atoms. The van der Waals surface area contributed by atoms with E-state index in [0.29, 0.717) is 16.8 Å². The van der Waals surface area contributed by atoms with Crippen molar-refractivity contribution in [3.8, 4) is 0 Å². The highest BCUT2D eigenvalue weighted by Crippen LogP contribution is 2.12. The summed E-state index contributed by atoms with van der Waals surface area (Å²) in [7, 11) is 0. The van der Waals surface area contributed by atoms with Crippen molar-refractivity contribution in [1.29, 1.82) is 0 Å². The minimum absolute atomic E-state index is 0.0275. The molecule has 0 atom stereocenters. The van der Waals surface area contributed by atoms with Gasteiger partial charge in [-0.15, -0.1) is 11.3 Å².